The number of carbonyl (C=O) groups is 1. The van der Waals surface area contributed by atoms with E-state index in [2.05, 4.69) is 17.6 Å². The maximum atomic E-state index is 10.9. The van der Waals surface area contributed by atoms with Gasteiger partial charge in [-0.05, 0) is 24.1 Å². The third-order valence-corrected chi connectivity index (χ3v) is 2.87. The van der Waals surface area contributed by atoms with Crippen molar-refractivity contribution in [3.05, 3.63) is 29.8 Å². The summed E-state index contributed by atoms with van der Waals surface area (Å²) in [4.78, 5) is 10.9. The number of carbonyl (C=O) groups excluding carboxylic acids is 1. The Hall–Kier alpha value is -1.39. The Morgan fingerprint density at radius 1 is 1.32 bits per heavy atom. The molecule has 1 atom stereocenters. The predicted octanol–water partition coefficient (Wildman–Crippen LogP) is 2.55. The van der Waals surface area contributed by atoms with Crippen LogP contribution in [0.15, 0.2) is 24.3 Å². The minimum atomic E-state index is -0.0472. The molecule has 0 aliphatic rings. The molecule has 1 aromatic carbocycles. The van der Waals surface area contributed by atoms with Gasteiger partial charge in [-0.2, -0.15) is 0 Å². The Kier molecular flexibility index (Phi) is 7.15. The molecule has 2 N–H and O–H groups in total. The van der Waals surface area contributed by atoms with Crippen molar-refractivity contribution in [3.8, 4) is 0 Å². The number of ether oxygens (including phenoxy) is 1. The van der Waals surface area contributed by atoms with Gasteiger partial charge in [0.2, 0.25) is 5.91 Å². The molecular formula is C15H24N2O2. The van der Waals surface area contributed by atoms with Crippen LogP contribution in [0.25, 0.3) is 0 Å². The maximum absolute atomic E-state index is 10.9. The lowest BCUT2D eigenvalue weighted by Crippen LogP contribution is -2.32. The Balaban J connectivity index is 2.45. The SMILES string of the molecule is CCCC(COC)NCc1ccc(NC(C)=O)cc1. The Labute approximate surface area is 115 Å². The molecule has 4 nitrogen and oxygen atoms in total. The number of hydrogen-bond acceptors (Lipinski definition) is 3. The van der Waals surface area contributed by atoms with E-state index in [-0.39, 0.29) is 5.91 Å². The number of amides is 1. The highest BCUT2D eigenvalue weighted by Gasteiger charge is 2.06. The summed E-state index contributed by atoms with van der Waals surface area (Å²) < 4.78 is 5.20. The summed E-state index contributed by atoms with van der Waals surface area (Å²) in [6.45, 7) is 5.23. The standard InChI is InChI=1S/C15H24N2O2/c1-4-5-15(11-19-3)16-10-13-6-8-14(9-7-13)17-12(2)18/h6-9,15-16H,4-5,10-11H2,1-3H3,(H,17,18). The summed E-state index contributed by atoms with van der Waals surface area (Å²) >= 11 is 0. The number of hydrogen-bond donors (Lipinski definition) is 2. The summed E-state index contributed by atoms with van der Waals surface area (Å²) in [6, 6.07) is 8.28. The van der Waals surface area contributed by atoms with Crippen LogP contribution in [0.2, 0.25) is 0 Å². The lowest BCUT2D eigenvalue weighted by molar-refractivity contribution is -0.114. The van der Waals surface area contributed by atoms with Gasteiger partial charge in [0.25, 0.3) is 0 Å². The van der Waals surface area contributed by atoms with Gasteiger partial charge in [0.15, 0.2) is 0 Å². The van der Waals surface area contributed by atoms with Gasteiger partial charge in [-0.15, -0.1) is 0 Å². The molecule has 1 rings (SSSR count). The first kappa shape index (κ1) is 15.7. The fourth-order valence-corrected chi connectivity index (χ4v) is 1.97. The Bertz CT molecular complexity index is 370. The molecule has 4 heteroatoms. The van der Waals surface area contributed by atoms with Crippen molar-refractivity contribution < 1.29 is 9.53 Å². The topological polar surface area (TPSA) is 50.4 Å². The average Bonchev–Trinajstić information content (AvgIpc) is 2.37. The van der Waals surface area contributed by atoms with Crippen molar-refractivity contribution >= 4 is 11.6 Å². The van der Waals surface area contributed by atoms with Gasteiger partial charge >= 0.3 is 0 Å². The largest absolute Gasteiger partial charge is 0.383 e. The number of benzene rings is 1. The number of nitrogens with one attached hydrogen (secondary N) is 2. The van der Waals surface area contributed by atoms with Crippen LogP contribution in [0.3, 0.4) is 0 Å². The number of anilines is 1. The second-order valence-corrected chi connectivity index (χ2v) is 4.70. The molecule has 1 unspecified atom stereocenters. The van der Waals surface area contributed by atoms with Gasteiger partial charge in [0.05, 0.1) is 6.61 Å². The lowest BCUT2D eigenvalue weighted by atomic mass is 10.1. The van der Waals surface area contributed by atoms with Crippen LogP contribution in [0.4, 0.5) is 5.69 Å². The molecule has 0 aromatic heterocycles. The quantitative estimate of drug-likeness (QED) is 0.758. The first-order chi connectivity index (χ1) is 9.15. The third kappa shape index (κ3) is 6.36. The Morgan fingerprint density at radius 2 is 2.00 bits per heavy atom. The minimum absolute atomic E-state index is 0.0472. The van der Waals surface area contributed by atoms with Crippen molar-refractivity contribution in [3.63, 3.8) is 0 Å². The predicted molar refractivity (Wildman–Crippen MR) is 78.2 cm³/mol. The van der Waals surface area contributed by atoms with Crippen molar-refractivity contribution in [2.24, 2.45) is 0 Å². The summed E-state index contributed by atoms with van der Waals surface area (Å²) in [5, 5.41) is 6.24. The van der Waals surface area contributed by atoms with Crippen LogP contribution in [-0.2, 0) is 16.1 Å². The minimum Gasteiger partial charge on any atom is -0.383 e. The fourth-order valence-electron chi connectivity index (χ4n) is 1.97. The zero-order chi connectivity index (χ0) is 14.1. The number of rotatable bonds is 8. The lowest BCUT2D eigenvalue weighted by Gasteiger charge is -2.17. The highest BCUT2D eigenvalue weighted by molar-refractivity contribution is 5.88. The number of methoxy groups -OCH3 is 1. The summed E-state index contributed by atoms with van der Waals surface area (Å²) in [6.07, 6.45) is 2.25. The smallest absolute Gasteiger partial charge is 0.221 e. The molecule has 0 aliphatic carbocycles. The van der Waals surface area contributed by atoms with E-state index < -0.39 is 0 Å². The molecule has 1 aromatic rings. The van der Waals surface area contributed by atoms with E-state index in [1.807, 2.05) is 24.3 Å². The first-order valence-electron chi connectivity index (χ1n) is 6.74. The van der Waals surface area contributed by atoms with Crippen LogP contribution < -0.4 is 10.6 Å². The van der Waals surface area contributed by atoms with Crippen molar-refractivity contribution in [1.29, 1.82) is 0 Å². The van der Waals surface area contributed by atoms with Gasteiger partial charge < -0.3 is 15.4 Å². The molecule has 1 amide bonds. The molecule has 0 heterocycles. The van der Waals surface area contributed by atoms with Crippen molar-refractivity contribution in [1.82, 2.24) is 5.32 Å². The van der Waals surface area contributed by atoms with Crippen LogP contribution >= 0.6 is 0 Å². The zero-order valence-electron chi connectivity index (χ0n) is 12.0. The molecule has 0 saturated heterocycles. The van der Waals surface area contributed by atoms with E-state index in [1.54, 1.807) is 7.11 Å². The van der Waals surface area contributed by atoms with E-state index in [9.17, 15) is 4.79 Å². The highest BCUT2D eigenvalue weighted by atomic mass is 16.5. The molecule has 0 spiro atoms. The van der Waals surface area contributed by atoms with Gasteiger partial charge in [-0.1, -0.05) is 25.5 Å². The van der Waals surface area contributed by atoms with Crippen LogP contribution in [0.1, 0.15) is 32.3 Å². The Morgan fingerprint density at radius 3 is 2.53 bits per heavy atom. The molecule has 19 heavy (non-hydrogen) atoms. The summed E-state index contributed by atoms with van der Waals surface area (Å²) in [5.41, 5.74) is 2.03. The summed E-state index contributed by atoms with van der Waals surface area (Å²) in [7, 11) is 1.73. The van der Waals surface area contributed by atoms with E-state index in [4.69, 9.17) is 4.74 Å². The molecular weight excluding hydrogens is 240 g/mol. The second kappa shape index (κ2) is 8.67. The van der Waals surface area contributed by atoms with Crippen molar-refractivity contribution in [2.75, 3.05) is 19.0 Å². The van der Waals surface area contributed by atoms with E-state index in [0.717, 1.165) is 31.7 Å². The second-order valence-electron chi connectivity index (χ2n) is 4.70. The first-order valence-corrected chi connectivity index (χ1v) is 6.74. The molecule has 0 bridgehead atoms. The molecule has 106 valence electrons. The average molecular weight is 264 g/mol. The van der Waals surface area contributed by atoms with E-state index in [0.29, 0.717) is 6.04 Å². The van der Waals surface area contributed by atoms with Gasteiger partial charge in [-0.3, -0.25) is 4.79 Å². The highest BCUT2D eigenvalue weighted by Crippen LogP contribution is 2.10. The van der Waals surface area contributed by atoms with Crippen molar-refractivity contribution in [2.45, 2.75) is 39.3 Å². The van der Waals surface area contributed by atoms with Gasteiger partial charge in [0, 0.05) is 32.3 Å². The molecule has 0 fully saturated rings. The normalized spacial score (nSPS) is 12.2. The third-order valence-electron chi connectivity index (χ3n) is 2.87. The molecule has 0 radical (unpaired) electrons. The zero-order valence-corrected chi connectivity index (χ0v) is 12.0. The summed E-state index contributed by atoms with van der Waals surface area (Å²) in [5.74, 6) is -0.0472. The molecule has 0 aliphatic heterocycles. The van der Waals surface area contributed by atoms with E-state index >= 15 is 0 Å². The monoisotopic (exact) mass is 264 g/mol. The fraction of sp³-hybridized carbons (Fsp3) is 0.533. The molecule has 0 saturated carbocycles. The van der Waals surface area contributed by atoms with Gasteiger partial charge in [0.1, 0.15) is 0 Å². The van der Waals surface area contributed by atoms with Crippen LogP contribution in [-0.4, -0.2) is 25.7 Å². The maximum Gasteiger partial charge on any atom is 0.221 e. The van der Waals surface area contributed by atoms with E-state index in [1.165, 1.54) is 12.5 Å². The van der Waals surface area contributed by atoms with Gasteiger partial charge in [-0.25, -0.2) is 0 Å². The van der Waals surface area contributed by atoms with Crippen LogP contribution in [0.5, 0.6) is 0 Å². The van der Waals surface area contributed by atoms with Crippen LogP contribution in [0, 0.1) is 0 Å².